The zero-order chi connectivity index (χ0) is 17.6. The van der Waals surface area contributed by atoms with E-state index in [2.05, 4.69) is 10.6 Å². The molecule has 1 aliphatic rings. The van der Waals surface area contributed by atoms with Crippen molar-refractivity contribution in [3.8, 4) is 0 Å². The van der Waals surface area contributed by atoms with Crippen LogP contribution in [0.15, 0.2) is 54.6 Å². The van der Waals surface area contributed by atoms with Crippen molar-refractivity contribution in [2.45, 2.75) is 25.7 Å². The van der Waals surface area contributed by atoms with Crippen LogP contribution in [0.4, 0.5) is 17.1 Å². The van der Waals surface area contributed by atoms with Crippen LogP contribution in [0.5, 0.6) is 0 Å². The highest BCUT2D eigenvalue weighted by Gasteiger charge is 2.31. The van der Waals surface area contributed by atoms with Gasteiger partial charge >= 0.3 is 0 Å². The van der Waals surface area contributed by atoms with E-state index in [-0.39, 0.29) is 5.91 Å². The van der Waals surface area contributed by atoms with Gasteiger partial charge in [-0.15, -0.1) is 0 Å². The second kappa shape index (κ2) is 7.83. The molecule has 2 aromatic rings. The van der Waals surface area contributed by atoms with E-state index in [1.165, 1.54) is 0 Å². The van der Waals surface area contributed by atoms with Gasteiger partial charge in [-0.2, -0.15) is 0 Å². The summed E-state index contributed by atoms with van der Waals surface area (Å²) in [6.45, 7) is 0. The zero-order valence-electron chi connectivity index (χ0n) is 13.9. The number of benzene rings is 2. The quantitative estimate of drug-likeness (QED) is 0.879. The smallest absolute Gasteiger partial charge is 0.228 e. The molecule has 0 aliphatic heterocycles. The standard InChI is InChI=1S/C20H22N2O3/c23-19(17-8-4-5-9-18(17)20(24)25)22-16-12-10-15(11-13-16)21-14-6-2-1-3-7-14/h1-3,6-7,10-13,17-18,21H,4-5,8-9H2,(H,22,23)(H,24,25)/p-1/t17-,18+/m1/s1. The first-order valence-electron chi connectivity index (χ1n) is 8.57. The van der Waals surface area contributed by atoms with Crippen LogP contribution < -0.4 is 15.7 Å². The van der Waals surface area contributed by atoms with Crippen molar-refractivity contribution in [2.24, 2.45) is 11.8 Å². The number of rotatable bonds is 5. The minimum atomic E-state index is -1.12. The maximum atomic E-state index is 12.4. The Bertz CT molecular complexity index is 728. The molecule has 25 heavy (non-hydrogen) atoms. The number of aliphatic carboxylic acids is 1. The van der Waals surface area contributed by atoms with Gasteiger partial charge in [0.1, 0.15) is 0 Å². The molecule has 0 unspecified atom stereocenters. The van der Waals surface area contributed by atoms with Crippen molar-refractivity contribution in [3.05, 3.63) is 54.6 Å². The summed E-state index contributed by atoms with van der Waals surface area (Å²) in [7, 11) is 0. The summed E-state index contributed by atoms with van der Waals surface area (Å²) in [5.41, 5.74) is 2.55. The van der Waals surface area contributed by atoms with Gasteiger partial charge in [0, 0.05) is 34.9 Å². The number of para-hydroxylation sites is 1. The summed E-state index contributed by atoms with van der Waals surface area (Å²) in [5, 5.41) is 17.3. The third kappa shape index (κ3) is 4.38. The fourth-order valence-corrected chi connectivity index (χ4v) is 3.29. The van der Waals surface area contributed by atoms with Crippen LogP contribution in [0.1, 0.15) is 25.7 Å². The van der Waals surface area contributed by atoms with Gasteiger partial charge < -0.3 is 20.5 Å². The first-order chi connectivity index (χ1) is 12.1. The largest absolute Gasteiger partial charge is 0.550 e. The minimum absolute atomic E-state index is 0.238. The van der Waals surface area contributed by atoms with E-state index in [1.807, 2.05) is 42.5 Å². The highest BCUT2D eigenvalue weighted by molar-refractivity contribution is 5.95. The predicted molar refractivity (Wildman–Crippen MR) is 95.3 cm³/mol. The second-order valence-electron chi connectivity index (χ2n) is 6.37. The fraction of sp³-hybridized carbons (Fsp3) is 0.300. The maximum absolute atomic E-state index is 12.4. The predicted octanol–water partition coefficient (Wildman–Crippen LogP) is 2.93. The van der Waals surface area contributed by atoms with Crippen LogP contribution in [0, 0.1) is 11.8 Å². The molecule has 5 heteroatoms. The molecular weight excluding hydrogens is 316 g/mol. The summed E-state index contributed by atoms with van der Waals surface area (Å²) in [6, 6.07) is 17.2. The van der Waals surface area contributed by atoms with E-state index >= 15 is 0 Å². The van der Waals surface area contributed by atoms with Crippen molar-refractivity contribution >= 4 is 28.9 Å². The molecule has 1 aliphatic carbocycles. The minimum Gasteiger partial charge on any atom is -0.550 e. The molecule has 1 fully saturated rings. The summed E-state index contributed by atoms with van der Waals surface area (Å²) < 4.78 is 0. The Morgan fingerprint density at radius 1 is 0.800 bits per heavy atom. The number of carbonyl (C=O) groups excluding carboxylic acids is 2. The number of carboxylic acid groups (broad SMARTS) is 1. The van der Waals surface area contributed by atoms with Gasteiger partial charge in [0.05, 0.1) is 0 Å². The van der Waals surface area contributed by atoms with Crippen LogP contribution in [-0.2, 0) is 9.59 Å². The summed E-state index contributed by atoms with van der Waals surface area (Å²) >= 11 is 0. The van der Waals surface area contributed by atoms with Crippen LogP contribution in [-0.4, -0.2) is 11.9 Å². The zero-order valence-corrected chi connectivity index (χ0v) is 13.9. The van der Waals surface area contributed by atoms with Gasteiger partial charge in [0.25, 0.3) is 0 Å². The highest BCUT2D eigenvalue weighted by atomic mass is 16.4. The van der Waals surface area contributed by atoms with Crippen molar-refractivity contribution in [3.63, 3.8) is 0 Å². The number of amides is 1. The lowest BCUT2D eigenvalue weighted by Gasteiger charge is -2.31. The third-order valence-electron chi connectivity index (χ3n) is 4.62. The molecule has 2 N–H and O–H groups in total. The molecule has 0 bridgehead atoms. The van der Waals surface area contributed by atoms with Crippen LogP contribution in [0.2, 0.25) is 0 Å². The average molecular weight is 337 g/mol. The summed E-state index contributed by atoms with van der Waals surface area (Å²) in [6.07, 6.45) is 2.82. The van der Waals surface area contributed by atoms with Crippen LogP contribution in [0.3, 0.4) is 0 Å². The molecule has 0 aromatic heterocycles. The molecule has 1 amide bonds. The first-order valence-corrected chi connectivity index (χ1v) is 8.57. The lowest BCUT2D eigenvalue weighted by molar-refractivity contribution is -0.313. The molecule has 130 valence electrons. The lowest BCUT2D eigenvalue weighted by atomic mass is 9.78. The van der Waals surface area contributed by atoms with E-state index in [9.17, 15) is 14.7 Å². The van der Waals surface area contributed by atoms with Gasteiger partial charge in [0.2, 0.25) is 5.91 Å². The number of nitrogens with one attached hydrogen (secondary N) is 2. The molecule has 2 atom stereocenters. The van der Waals surface area contributed by atoms with Gasteiger partial charge in [-0.05, 0) is 49.2 Å². The molecular formula is C20H21N2O3-. The number of carbonyl (C=O) groups is 2. The van der Waals surface area contributed by atoms with Crippen molar-refractivity contribution in [1.29, 1.82) is 0 Å². The van der Waals surface area contributed by atoms with E-state index < -0.39 is 17.8 Å². The van der Waals surface area contributed by atoms with E-state index in [4.69, 9.17) is 0 Å². The first kappa shape index (κ1) is 17.0. The SMILES string of the molecule is O=C([O-])[C@H]1CCCC[C@H]1C(=O)Nc1ccc(Nc2ccccc2)cc1. The molecule has 2 aromatic carbocycles. The monoisotopic (exact) mass is 337 g/mol. The number of anilines is 3. The Kier molecular flexibility index (Phi) is 5.33. The molecule has 0 heterocycles. The normalized spacial score (nSPS) is 19.8. The number of hydrogen-bond acceptors (Lipinski definition) is 4. The topological polar surface area (TPSA) is 81.3 Å². The summed E-state index contributed by atoms with van der Waals surface area (Å²) in [4.78, 5) is 23.7. The molecule has 0 spiro atoms. The van der Waals surface area contributed by atoms with Gasteiger partial charge in [-0.25, -0.2) is 0 Å². The Morgan fingerprint density at radius 3 is 2.00 bits per heavy atom. The van der Waals surface area contributed by atoms with Crippen LogP contribution >= 0.6 is 0 Å². The summed E-state index contributed by atoms with van der Waals surface area (Å²) in [5.74, 6) is -2.56. The van der Waals surface area contributed by atoms with Gasteiger partial charge in [0.15, 0.2) is 0 Å². The van der Waals surface area contributed by atoms with Gasteiger partial charge in [-0.1, -0.05) is 31.0 Å². The van der Waals surface area contributed by atoms with Crippen molar-refractivity contribution in [2.75, 3.05) is 10.6 Å². The molecule has 3 rings (SSSR count). The highest BCUT2D eigenvalue weighted by Crippen LogP contribution is 2.31. The third-order valence-corrected chi connectivity index (χ3v) is 4.62. The van der Waals surface area contributed by atoms with Gasteiger partial charge in [-0.3, -0.25) is 4.79 Å². The lowest BCUT2D eigenvalue weighted by Crippen LogP contribution is -2.42. The molecule has 0 saturated heterocycles. The fourth-order valence-electron chi connectivity index (χ4n) is 3.29. The van der Waals surface area contributed by atoms with Crippen molar-refractivity contribution in [1.82, 2.24) is 0 Å². The Balaban J connectivity index is 1.62. The number of hydrogen-bond donors (Lipinski definition) is 2. The molecule has 0 radical (unpaired) electrons. The van der Waals surface area contributed by atoms with Crippen molar-refractivity contribution < 1.29 is 14.7 Å². The number of carboxylic acids is 1. The Morgan fingerprint density at radius 2 is 1.36 bits per heavy atom. The maximum Gasteiger partial charge on any atom is 0.228 e. The Hall–Kier alpha value is -2.82. The average Bonchev–Trinajstić information content (AvgIpc) is 2.64. The van der Waals surface area contributed by atoms with E-state index in [0.29, 0.717) is 18.5 Å². The molecule has 5 nitrogen and oxygen atoms in total. The van der Waals surface area contributed by atoms with Crippen LogP contribution in [0.25, 0.3) is 0 Å². The molecule has 1 saturated carbocycles. The second-order valence-corrected chi connectivity index (χ2v) is 6.37. The van der Waals surface area contributed by atoms with E-state index in [0.717, 1.165) is 24.2 Å². The Labute approximate surface area is 147 Å². The van der Waals surface area contributed by atoms with E-state index in [1.54, 1.807) is 12.1 Å².